The Morgan fingerprint density at radius 3 is 3.05 bits per heavy atom. The van der Waals surface area contributed by atoms with E-state index >= 15 is 0 Å². The van der Waals surface area contributed by atoms with E-state index < -0.39 is 0 Å². The molecule has 1 aliphatic rings. The zero-order valence-corrected chi connectivity index (χ0v) is 12.4. The number of aromatic amines is 1. The van der Waals surface area contributed by atoms with Crippen LogP contribution in [0.5, 0.6) is 0 Å². The fourth-order valence-corrected chi connectivity index (χ4v) is 3.23. The minimum Gasteiger partial charge on any atom is -0.460 e. The molecule has 1 aromatic carbocycles. The fourth-order valence-electron chi connectivity index (χ4n) is 3.23. The van der Waals surface area contributed by atoms with Crippen molar-refractivity contribution >= 4 is 11.0 Å². The molecule has 0 amide bonds. The maximum atomic E-state index is 5.91. The van der Waals surface area contributed by atoms with Crippen LogP contribution in [0.1, 0.15) is 17.4 Å². The molecule has 0 spiro atoms. The number of nitrogens with one attached hydrogen (secondary N) is 1. The van der Waals surface area contributed by atoms with Crippen LogP contribution >= 0.6 is 0 Å². The smallest absolute Gasteiger partial charge is 0.134 e. The van der Waals surface area contributed by atoms with Crippen molar-refractivity contribution < 1.29 is 9.15 Å². The largest absolute Gasteiger partial charge is 0.460 e. The van der Waals surface area contributed by atoms with Gasteiger partial charge in [-0.15, -0.1) is 0 Å². The first-order valence-electron chi connectivity index (χ1n) is 7.42. The summed E-state index contributed by atoms with van der Waals surface area (Å²) in [5.74, 6) is 1.23. The van der Waals surface area contributed by atoms with Gasteiger partial charge >= 0.3 is 0 Å². The molecule has 1 saturated heterocycles. The molecular formula is C16H18N4O2. The number of hydrogen-bond donors (Lipinski definition) is 1. The molecule has 4 rings (SSSR count). The van der Waals surface area contributed by atoms with E-state index in [9.17, 15) is 0 Å². The number of likely N-dealkylation sites (tertiary alicyclic amines) is 1. The number of aromatic nitrogens is 3. The van der Waals surface area contributed by atoms with Crippen molar-refractivity contribution in [2.75, 3.05) is 20.2 Å². The van der Waals surface area contributed by atoms with Gasteiger partial charge in [0.15, 0.2) is 0 Å². The summed E-state index contributed by atoms with van der Waals surface area (Å²) in [5.41, 5.74) is 1.90. The van der Waals surface area contributed by atoms with Crippen LogP contribution in [0.2, 0.25) is 0 Å². The number of rotatable bonds is 4. The third kappa shape index (κ3) is 2.40. The van der Waals surface area contributed by atoms with Crippen LogP contribution in [0.4, 0.5) is 0 Å². The molecule has 3 heterocycles. The summed E-state index contributed by atoms with van der Waals surface area (Å²) in [6, 6.07) is 10.2. The number of furan rings is 1. The van der Waals surface area contributed by atoms with Crippen molar-refractivity contribution in [1.29, 1.82) is 0 Å². The topological polar surface area (TPSA) is 67.2 Å². The van der Waals surface area contributed by atoms with Crippen LogP contribution in [-0.4, -0.2) is 46.6 Å². The lowest BCUT2D eigenvalue weighted by atomic mass is 10.0. The highest BCUT2D eigenvalue weighted by molar-refractivity contribution is 5.77. The lowest BCUT2D eigenvalue weighted by Crippen LogP contribution is -2.22. The normalized spacial score (nSPS) is 22.6. The molecule has 22 heavy (non-hydrogen) atoms. The second-order valence-electron chi connectivity index (χ2n) is 5.72. The summed E-state index contributed by atoms with van der Waals surface area (Å²) in [7, 11) is 1.75. The number of hydrogen-bond acceptors (Lipinski definition) is 5. The molecule has 114 valence electrons. The Kier molecular flexibility index (Phi) is 3.40. The van der Waals surface area contributed by atoms with Gasteiger partial charge in [0.25, 0.3) is 0 Å². The van der Waals surface area contributed by atoms with Gasteiger partial charge in [0.2, 0.25) is 0 Å². The number of H-pyrrole nitrogens is 1. The Bertz CT molecular complexity index is 719. The Hall–Kier alpha value is -2.18. The number of benzene rings is 1. The molecule has 2 atom stereocenters. The Morgan fingerprint density at radius 1 is 1.36 bits per heavy atom. The van der Waals surface area contributed by atoms with Crippen LogP contribution in [-0.2, 0) is 11.3 Å². The van der Waals surface area contributed by atoms with Gasteiger partial charge in [-0.2, -0.15) is 15.4 Å². The molecule has 1 aliphatic heterocycles. The third-order valence-electron chi connectivity index (χ3n) is 4.31. The predicted octanol–water partition coefficient (Wildman–Crippen LogP) is 2.17. The summed E-state index contributed by atoms with van der Waals surface area (Å²) >= 11 is 0. The summed E-state index contributed by atoms with van der Waals surface area (Å²) < 4.78 is 11.5. The molecule has 0 bridgehead atoms. The van der Waals surface area contributed by atoms with Crippen molar-refractivity contribution in [2.24, 2.45) is 0 Å². The number of methoxy groups -OCH3 is 1. The Labute approximate surface area is 128 Å². The zero-order chi connectivity index (χ0) is 14.9. The van der Waals surface area contributed by atoms with E-state index in [1.54, 1.807) is 13.3 Å². The second-order valence-corrected chi connectivity index (χ2v) is 5.72. The number of fused-ring (bicyclic) bond motifs is 1. The van der Waals surface area contributed by atoms with Crippen LogP contribution in [0, 0.1) is 0 Å². The van der Waals surface area contributed by atoms with E-state index in [0.29, 0.717) is 0 Å². The predicted molar refractivity (Wildman–Crippen MR) is 81.4 cm³/mol. The molecule has 3 aromatic rings. The lowest BCUT2D eigenvalue weighted by Gasteiger charge is -2.13. The highest BCUT2D eigenvalue weighted by Gasteiger charge is 2.35. The van der Waals surface area contributed by atoms with E-state index in [1.165, 1.54) is 0 Å². The van der Waals surface area contributed by atoms with Crippen molar-refractivity contribution in [3.05, 3.63) is 48.0 Å². The van der Waals surface area contributed by atoms with Crippen LogP contribution < -0.4 is 0 Å². The van der Waals surface area contributed by atoms with Crippen molar-refractivity contribution in [2.45, 2.75) is 18.6 Å². The Morgan fingerprint density at radius 2 is 2.27 bits per heavy atom. The third-order valence-corrected chi connectivity index (χ3v) is 4.31. The van der Waals surface area contributed by atoms with Gasteiger partial charge < -0.3 is 9.15 Å². The minimum absolute atomic E-state index is 0.134. The lowest BCUT2D eigenvalue weighted by molar-refractivity contribution is 0.0951. The SMILES string of the molecule is CO[C@@H]1CN(Cc2cc3ccccc3o2)C[C@H]1c1cn[nH]n1. The van der Waals surface area contributed by atoms with E-state index in [1.807, 2.05) is 18.2 Å². The molecule has 1 N–H and O–H groups in total. The first-order valence-corrected chi connectivity index (χ1v) is 7.42. The highest BCUT2D eigenvalue weighted by atomic mass is 16.5. The maximum Gasteiger partial charge on any atom is 0.134 e. The van der Waals surface area contributed by atoms with Gasteiger partial charge in [0.05, 0.1) is 24.5 Å². The number of ether oxygens (including phenoxy) is 1. The molecule has 6 nitrogen and oxygen atoms in total. The zero-order valence-electron chi connectivity index (χ0n) is 12.4. The first kappa shape index (κ1) is 13.5. The van der Waals surface area contributed by atoms with Gasteiger partial charge in [-0.1, -0.05) is 18.2 Å². The number of nitrogens with zero attached hydrogens (tertiary/aromatic N) is 3. The van der Waals surface area contributed by atoms with Crippen LogP contribution in [0.15, 0.2) is 40.9 Å². The maximum absolute atomic E-state index is 5.91. The summed E-state index contributed by atoms with van der Waals surface area (Å²) in [4.78, 5) is 2.34. The van der Waals surface area contributed by atoms with Crippen molar-refractivity contribution in [3.63, 3.8) is 0 Å². The highest BCUT2D eigenvalue weighted by Crippen LogP contribution is 2.29. The van der Waals surface area contributed by atoms with Gasteiger partial charge in [-0.05, 0) is 12.1 Å². The molecule has 2 aromatic heterocycles. The quantitative estimate of drug-likeness (QED) is 0.799. The first-order chi connectivity index (χ1) is 10.8. The minimum atomic E-state index is 0.134. The molecule has 0 unspecified atom stereocenters. The van der Waals surface area contributed by atoms with Gasteiger partial charge in [-0.25, -0.2) is 0 Å². The summed E-state index contributed by atoms with van der Waals surface area (Å²) in [6.07, 6.45) is 1.91. The molecule has 0 radical (unpaired) electrons. The molecule has 0 aliphatic carbocycles. The number of para-hydroxylation sites is 1. The van der Waals surface area contributed by atoms with Crippen LogP contribution in [0.25, 0.3) is 11.0 Å². The molecule has 1 fully saturated rings. The average Bonchev–Trinajstić information content (AvgIpc) is 3.25. The van der Waals surface area contributed by atoms with Gasteiger partial charge in [0.1, 0.15) is 11.3 Å². The van der Waals surface area contributed by atoms with E-state index in [-0.39, 0.29) is 12.0 Å². The fraction of sp³-hybridized carbons (Fsp3) is 0.375. The Balaban J connectivity index is 1.51. The second kappa shape index (κ2) is 5.55. The van der Waals surface area contributed by atoms with Gasteiger partial charge in [-0.3, -0.25) is 4.90 Å². The van der Waals surface area contributed by atoms with Crippen LogP contribution in [0.3, 0.4) is 0 Å². The standard InChI is InChI=1S/C16H18N4O2/c1-21-16-10-20(9-13(16)14-7-17-19-18-14)8-12-6-11-4-2-3-5-15(11)22-12/h2-7,13,16H,8-10H2,1H3,(H,17,18,19)/t13-,16+/m0/s1. The van der Waals surface area contributed by atoms with E-state index in [2.05, 4.69) is 32.4 Å². The average molecular weight is 298 g/mol. The molecule has 0 saturated carbocycles. The molecular weight excluding hydrogens is 280 g/mol. The summed E-state index contributed by atoms with van der Waals surface area (Å²) in [6.45, 7) is 2.54. The monoisotopic (exact) mass is 298 g/mol. The van der Waals surface area contributed by atoms with Gasteiger partial charge in [0, 0.05) is 31.5 Å². The van der Waals surface area contributed by atoms with E-state index in [4.69, 9.17) is 9.15 Å². The summed E-state index contributed by atoms with van der Waals surface area (Å²) in [5, 5.41) is 11.9. The van der Waals surface area contributed by atoms with Crippen molar-refractivity contribution in [3.8, 4) is 0 Å². The van der Waals surface area contributed by atoms with Crippen molar-refractivity contribution in [1.82, 2.24) is 20.3 Å². The van der Waals surface area contributed by atoms with E-state index in [0.717, 1.165) is 42.1 Å². The molecule has 6 heteroatoms.